The summed E-state index contributed by atoms with van der Waals surface area (Å²) in [6.07, 6.45) is 1.50. The molecule has 0 atom stereocenters. The summed E-state index contributed by atoms with van der Waals surface area (Å²) in [6, 6.07) is 0. The topological polar surface area (TPSA) is 85.8 Å². The Balaban J connectivity index is 2.16. The smallest absolute Gasteiger partial charge is 0.358 e. The van der Waals surface area contributed by atoms with Gasteiger partial charge in [0.1, 0.15) is 0 Å². The normalized spacial score (nSPS) is 17.8. The fourth-order valence-electron chi connectivity index (χ4n) is 2.32. The van der Waals surface area contributed by atoms with Crippen molar-refractivity contribution < 1.29 is 22.7 Å². The lowest BCUT2D eigenvalue weighted by molar-refractivity contribution is 0.0590. The second-order valence-electron chi connectivity index (χ2n) is 4.78. The van der Waals surface area contributed by atoms with E-state index in [4.69, 9.17) is 4.74 Å². The molecule has 9 heteroatoms. The second-order valence-corrected chi connectivity index (χ2v) is 7.77. The van der Waals surface area contributed by atoms with Crippen LogP contribution in [-0.2, 0) is 19.5 Å². The average molecular weight is 334 g/mol. The lowest BCUT2D eigenvalue weighted by atomic mass is 9.99. The van der Waals surface area contributed by atoms with Crippen molar-refractivity contribution in [1.29, 1.82) is 0 Å². The van der Waals surface area contributed by atoms with Crippen molar-refractivity contribution in [3.05, 3.63) is 11.2 Å². The standard InChI is InChI=1S/C12H18N2O5S2/c1-18-7-9-3-5-14(6-4-9)21(16,17)12-10(11(15)19-2)13-8-20-12/h8-9H,3-7H2,1-2H3. The van der Waals surface area contributed by atoms with Gasteiger partial charge in [0.25, 0.3) is 10.0 Å². The Morgan fingerprint density at radius 1 is 1.43 bits per heavy atom. The zero-order valence-corrected chi connectivity index (χ0v) is 13.6. The third-order valence-electron chi connectivity index (χ3n) is 3.46. The number of carbonyl (C=O) groups is 1. The summed E-state index contributed by atoms with van der Waals surface area (Å²) < 4.78 is 36.3. The van der Waals surface area contributed by atoms with Crippen molar-refractivity contribution in [3.63, 3.8) is 0 Å². The fourth-order valence-corrected chi connectivity index (χ4v) is 5.06. The van der Waals surface area contributed by atoms with E-state index < -0.39 is 16.0 Å². The number of sulfonamides is 1. The Morgan fingerprint density at radius 2 is 2.10 bits per heavy atom. The maximum Gasteiger partial charge on any atom is 0.358 e. The lowest BCUT2D eigenvalue weighted by Gasteiger charge is -2.30. The summed E-state index contributed by atoms with van der Waals surface area (Å²) in [5.74, 6) is -0.355. The largest absolute Gasteiger partial charge is 0.464 e. The molecule has 0 aliphatic carbocycles. The first kappa shape index (κ1) is 16.3. The van der Waals surface area contributed by atoms with Gasteiger partial charge in [-0.1, -0.05) is 0 Å². The molecular formula is C12H18N2O5S2. The molecule has 0 N–H and O–H groups in total. The van der Waals surface area contributed by atoms with Crippen LogP contribution in [-0.4, -0.2) is 57.6 Å². The van der Waals surface area contributed by atoms with Crippen LogP contribution in [0.1, 0.15) is 23.3 Å². The number of piperidine rings is 1. The third-order valence-corrected chi connectivity index (χ3v) is 6.71. The zero-order valence-electron chi connectivity index (χ0n) is 11.9. The molecule has 21 heavy (non-hydrogen) atoms. The molecule has 7 nitrogen and oxygen atoms in total. The van der Waals surface area contributed by atoms with Crippen LogP contribution in [0.4, 0.5) is 0 Å². The molecule has 2 rings (SSSR count). The number of aromatic nitrogens is 1. The molecule has 1 fully saturated rings. The summed E-state index contributed by atoms with van der Waals surface area (Å²) in [5.41, 5.74) is 1.21. The number of nitrogens with zero attached hydrogens (tertiary/aromatic N) is 2. The molecule has 0 saturated carbocycles. The maximum atomic E-state index is 12.6. The van der Waals surface area contributed by atoms with E-state index in [9.17, 15) is 13.2 Å². The number of carbonyl (C=O) groups excluding carboxylic acids is 1. The number of thiazole rings is 1. The molecule has 118 valence electrons. The van der Waals surface area contributed by atoms with E-state index in [1.54, 1.807) is 7.11 Å². The van der Waals surface area contributed by atoms with Gasteiger partial charge < -0.3 is 9.47 Å². The number of esters is 1. The Kier molecular flexibility index (Phi) is 5.31. The lowest BCUT2D eigenvalue weighted by Crippen LogP contribution is -2.39. The molecule has 2 heterocycles. The van der Waals surface area contributed by atoms with Crippen molar-refractivity contribution >= 4 is 27.3 Å². The minimum Gasteiger partial charge on any atom is -0.464 e. The highest BCUT2D eigenvalue weighted by Gasteiger charge is 2.34. The van der Waals surface area contributed by atoms with Gasteiger partial charge in [0.05, 0.1) is 12.6 Å². The van der Waals surface area contributed by atoms with Gasteiger partial charge in [0, 0.05) is 26.8 Å². The Bertz CT molecular complexity index is 591. The van der Waals surface area contributed by atoms with Crippen LogP contribution >= 0.6 is 11.3 Å². The third kappa shape index (κ3) is 3.42. The predicted octanol–water partition coefficient (Wildman–Crippen LogP) is 0.977. The first-order valence-electron chi connectivity index (χ1n) is 6.51. The first-order valence-corrected chi connectivity index (χ1v) is 8.83. The Labute approximate surface area is 127 Å². The summed E-state index contributed by atoms with van der Waals surface area (Å²) in [5, 5.41) is 0. The van der Waals surface area contributed by atoms with Crippen molar-refractivity contribution in [2.45, 2.75) is 17.1 Å². The highest BCUT2D eigenvalue weighted by atomic mass is 32.2. The molecule has 0 radical (unpaired) electrons. The minimum absolute atomic E-state index is 0.0421. The molecule has 0 aromatic carbocycles. The van der Waals surface area contributed by atoms with Crippen molar-refractivity contribution in [2.75, 3.05) is 33.9 Å². The molecule has 0 amide bonds. The number of methoxy groups -OCH3 is 2. The number of hydrogen-bond donors (Lipinski definition) is 0. The average Bonchev–Trinajstić information content (AvgIpc) is 2.97. The van der Waals surface area contributed by atoms with E-state index in [-0.39, 0.29) is 9.90 Å². The summed E-state index contributed by atoms with van der Waals surface area (Å²) in [4.78, 5) is 15.4. The molecule has 1 saturated heterocycles. The fraction of sp³-hybridized carbons (Fsp3) is 0.667. The maximum absolute atomic E-state index is 12.6. The summed E-state index contributed by atoms with van der Waals surface area (Å²) in [7, 11) is -0.851. The van der Waals surface area contributed by atoms with E-state index in [2.05, 4.69) is 9.72 Å². The number of hydrogen-bond acceptors (Lipinski definition) is 7. The molecule has 1 aliphatic rings. The van der Waals surface area contributed by atoms with E-state index in [0.29, 0.717) is 25.6 Å². The molecule has 0 bridgehead atoms. The van der Waals surface area contributed by atoms with Crippen LogP contribution in [0.25, 0.3) is 0 Å². The van der Waals surface area contributed by atoms with Gasteiger partial charge in [-0.15, -0.1) is 11.3 Å². The second kappa shape index (κ2) is 6.82. The minimum atomic E-state index is -3.70. The quantitative estimate of drug-likeness (QED) is 0.746. The van der Waals surface area contributed by atoms with Crippen LogP contribution in [0.5, 0.6) is 0 Å². The van der Waals surface area contributed by atoms with Crippen LogP contribution in [0.15, 0.2) is 9.72 Å². The van der Waals surface area contributed by atoms with Gasteiger partial charge in [-0.3, -0.25) is 0 Å². The van der Waals surface area contributed by atoms with Crippen molar-refractivity contribution in [1.82, 2.24) is 9.29 Å². The highest BCUT2D eigenvalue weighted by molar-refractivity contribution is 7.91. The van der Waals surface area contributed by atoms with E-state index in [1.807, 2.05) is 0 Å². The highest BCUT2D eigenvalue weighted by Crippen LogP contribution is 2.28. The molecule has 0 unspecified atom stereocenters. The van der Waals surface area contributed by atoms with Gasteiger partial charge in [-0.2, -0.15) is 4.31 Å². The van der Waals surface area contributed by atoms with Crippen LogP contribution in [0.2, 0.25) is 0 Å². The summed E-state index contributed by atoms with van der Waals surface area (Å²) >= 11 is 0.939. The van der Waals surface area contributed by atoms with Gasteiger partial charge >= 0.3 is 5.97 Å². The molecule has 1 aromatic rings. The predicted molar refractivity (Wildman–Crippen MR) is 76.8 cm³/mol. The molecule has 0 spiro atoms. The van der Waals surface area contributed by atoms with Gasteiger partial charge in [0.15, 0.2) is 9.90 Å². The monoisotopic (exact) mass is 334 g/mol. The van der Waals surface area contributed by atoms with E-state index in [1.165, 1.54) is 16.9 Å². The van der Waals surface area contributed by atoms with E-state index in [0.717, 1.165) is 24.2 Å². The van der Waals surface area contributed by atoms with Gasteiger partial charge in [-0.25, -0.2) is 18.2 Å². The summed E-state index contributed by atoms with van der Waals surface area (Å²) in [6.45, 7) is 1.49. The van der Waals surface area contributed by atoms with Crippen molar-refractivity contribution in [3.8, 4) is 0 Å². The van der Waals surface area contributed by atoms with E-state index >= 15 is 0 Å². The Morgan fingerprint density at radius 3 is 2.67 bits per heavy atom. The van der Waals surface area contributed by atoms with Crippen molar-refractivity contribution in [2.24, 2.45) is 5.92 Å². The number of ether oxygens (including phenoxy) is 2. The van der Waals surface area contributed by atoms with Crippen LogP contribution in [0, 0.1) is 5.92 Å². The number of rotatable bonds is 5. The van der Waals surface area contributed by atoms with Crippen LogP contribution in [0.3, 0.4) is 0 Å². The van der Waals surface area contributed by atoms with Gasteiger partial charge in [-0.05, 0) is 18.8 Å². The van der Waals surface area contributed by atoms with Crippen LogP contribution < -0.4 is 0 Å². The van der Waals surface area contributed by atoms with Gasteiger partial charge in [0.2, 0.25) is 0 Å². The first-order chi connectivity index (χ1) is 10.0. The zero-order chi connectivity index (χ0) is 15.5. The Hall–Kier alpha value is -1.03. The molecular weight excluding hydrogens is 316 g/mol. The molecule has 1 aliphatic heterocycles. The molecule has 1 aromatic heterocycles. The SMILES string of the molecule is COCC1CCN(S(=O)(=O)c2scnc2C(=O)OC)CC1.